The average molecular weight is 307 g/mol. The molecule has 0 atom stereocenters. The third-order valence-corrected chi connectivity index (χ3v) is 3.91. The first kappa shape index (κ1) is 15.0. The predicted molar refractivity (Wildman–Crippen MR) is 86.5 cm³/mol. The second-order valence-electron chi connectivity index (χ2n) is 5.33. The molecular formula is C17H17N5O. The number of hydrogen-bond donors (Lipinski definition) is 0. The van der Waals surface area contributed by atoms with E-state index in [2.05, 4.69) is 14.9 Å². The maximum atomic E-state index is 11.7. The summed E-state index contributed by atoms with van der Waals surface area (Å²) in [4.78, 5) is 24.3. The Bertz CT molecular complexity index is 717. The Morgan fingerprint density at radius 1 is 1.13 bits per heavy atom. The van der Waals surface area contributed by atoms with E-state index in [1.165, 1.54) is 0 Å². The summed E-state index contributed by atoms with van der Waals surface area (Å²) in [6.45, 7) is 2.65. The molecule has 6 nitrogen and oxygen atoms in total. The van der Waals surface area contributed by atoms with E-state index >= 15 is 0 Å². The van der Waals surface area contributed by atoms with Crippen molar-refractivity contribution >= 4 is 11.7 Å². The number of hydrogen-bond acceptors (Lipinski definition) is 5. The zero-order valence-corrected chi connectivity index (χ0v) is 12.7. The molecule has 1 fully saturated rings. The topological polar surface area (TPSA) is 73.1 Å². The molecule has 0 N–H and O–H groups in total. The van der Waals surface area contributed by atoms with Crippen LogP contribution in [0.25, 0.3) is 11.3 Å². The third-order valence-electron chi connectivity index (χ3n) is 3.91. The smallest absolute Gasteiger partial charge is 0.236 e. The SMILES string of the molecule is N#CCC(=O)N1CCN(c2cc(-c3ccccc3)ncn2)CC1. The summed E-state index contributed by atoms with van der Waals surface area (Å²) >= 11 is 0. The van der Waals surface area contributed by atoms with E-state index in [1.807, 2.05) is 42.5 Å². The van der Waals surface area contributed by atoms with Crippen molar-refractivity contribution in [2.75, 3.05) is 31.1 Å². The molecule has 0 spiro atoms. The first-order valence-electron chi connectivity index (χ1n) is 7.55. The number of piperazine rings is 1. The molecule has 116 valence electrons. The van der Waals surface area contributed by atoms with Gasteiger partial charge in [0, 0.05) is 37.8 Å². The summed E-state index contributed by atoms with van der Waals surface area (Å²) in [5.74, 6) is 0.769. The Balaban J connectivity index is 1.70. The van der Waals surface area contributed by atoms with E-state index in [0.717, 1.165) is 17.1 Å². The predicted octanol–water partition coefficient (Wildman–Crippen LogP) is 1.71. The van der Waals surface area contributed by atoms with Gasteiger partial charge < -0.3 is 9.80 Å². The standard InChI is InChI=1S/C17H17N5O/c18-7-6-17(23)22-10-8-21(9-11-22)16-12-15(19-13-20-16)14-4-2-1-3-5-14/h1-5,12-13H,6,8-11H2. The third kappa shape index (κ3) is 3.46. The van der Waals surface area contributed by atoms with Crippen LogP contribution in [0.5, 0.6) is 0 Å². The normalized spacial score (nSPS) is 14.4. The Morgan fingerprint density at radius 2 is 1.87 bits per heavy atom. The van der Waals surface area contributed by atoms with Crippen LogP contribution in [0, 0.1) is 11.3 Å². The summed E-state index contributed by atoms with van der Waals surface area (Å²) in [7, 11) is 0. The first-order chi connectivity index (χ1) is 11.3. The van der Waals surface area contributed by atoms with Crippen molar-refractivity contribution in [3.05, 3.63) is 42.7 Å². The van der Waals surface area contributed by atoms with Gasteiger partial charge in [-0.05, 0) is 0 Å². The van der Waals surface area contributed by atoms with Crippen molar-refractivity contribution in [2.24, 2.45) is 0 Å². The van der Waals surface area contributed by atoms with Crippen molar-refractivity contribution in [3.63, 3.8) is 0 Å². The summed E-state index contributed by atoms with van der Waals surface area (Å²) in [5, 5.41) is 8.61. The van der Waals surface area contributed by atoms with E-state index < -0.39 is 0 Å². The molecule has 1 aliphatic heterocycles. The summed E-state index contributed by atoms with van der Waals surface area (Å²) in [6.07, 6.45) is 1.52. The fourth-order valence-electron chi connectivity index (χ4n) is 2.65. The molecule has 23 heavy (non-hydrogen) atoms. The van der Waals surface area contributed by atoms with Crippen LogP contribution in [0.2, 0.25) is 0 Å². The van der Waals surface area contributed by atoms with Crippen LogP contribution in [0.15, 0.2) is 42.7 Å². The number of nitrogens with zero attached hydrogens (tertiary/aromatic N) is 5. The zero-order chi connectivity index (χ0) is 16.1. The van der Waals surface area contributed by atoms with Gasteiger partial charge in [0.25, 0.3) is 0 Å². The number of amides is 1. The Morgan fingerprint density at radius 3 is 2.57 bits per heavy atom. The van der Waals surface area contributed by atoms with Crippen molar-refractivity contribution in [1.29, 1.82) is 5.26 Å². The van der Waals surface area contributed by atoms with Crippen LogP contribution in [0.1, 0.15) is 6.42 Å². The first-order valence-corrected chi connectivity index (χ1v) is 7.55. The van der Waals surface area contributed by atoms with Gasteiger partial charge in [-0.15, -0.1) is 0 Å². The van der Waals surface area contributed by atoms with Crippen molar-refractivity contribution in [2.45, 2.75) is 6.42 Å². The van der Waals surface area contributed by atoms with Crippen molar-refractivity contribution in [1.82, 2.24) is 14.9 Å². The number of anilines is 1. The molecule has 1 amide bonds. The number of aromatic nitrogens is 2. The highest BCUT2D eigenvalue weighted by atomic mass is 16.2. The van der Waals surface area contributed by atoms with E-state index in [9.17, 15) is 4.79 Å². The second kappa shape index (κ2) is 6.88. The number of rotatable bonds is 3. The lowest BCUT2D eigenvalue weighted by Crippen LogP contribution is -2.49. The molecular weight excluding hydrogens is 290 g/mol. The fourth-order valence-corrected chi connectivity index (χ4v) is 2.65. The van der Waals surface area contributed by atoms with Crippen LogP contribution in [-0.4, -0.2) is 47.0 Å². The van der Waals surface area contributed by atoms with Crippen molar-refractivity contribution < 1.29 is 4.79 Å². The molecule has 6 heteroatoms. The van der Waals surface area contributed by atoms with Gasteiger partial charge in [-0.2, -0.15) is 5.26 Å². The Hall–Kier alpha value is -2.94. The van der Waals surface area contributed by atoms with Crippen molar-refractivity contribution in [3.8, 4) is 17.3 Å². The van der Waals surface area contributed by atoms with Gasteiger partial charge in [-0.3, -0.25) is 4.79 Å². The monoisotopic (exact) mass is 307 g/mol. The lowest BCUT2D eigenvalue weighted by Gasteiger charge is -2.35. The minimum atomic E-state index is -0.0974. The molecule has 3 rings (SSSR count). The minimum absolute atomic E-state index is 0.0499. The molecule has 1 saturated heterocycles. The van der Waals surface area contributed by atoms with Gasteiger partial charge in [0.05, 0.1) is 11.8 Å². The van der Waals surface area contributed by atoms with Gasteiger partial charge in [0.2, 0.25) is 5.91 Å². The van der Waals surface area contributed by atoms with Crippen LogP contribution >= 0.6 is 0 Å². The second-order valence-corrected chi connectivity index (χ2v) is 5.33. The van der Waals surface area contributed by atoms with Crippen LogP contribution in [0.3, 0.4) is 0 Å². The molecule has 0 saturated carbocycles. The molecule has 0 radical (unpaired) electrons. The zero-order valence-electron chi connectivity index (χ0n) is 12.7. The number of benzene rings is 1. The van der Waals surface area contributed by atoms with Gasteiger partial charge in [0.1, 0.15) is 18.6 Å². The van der Waals surface area contributed by atoms with Gasteiger partial charge in [-0.25, -0.2) is 9.97 Å². The van der Waals surface area contributed by atoms with Crippen LogP contribution in [-0.2, 0) is 4.79 Å². The number of carbonyl (C=O) groups excluding carboxylic acids is 1. The average Bonchev–Trinajstić information content (AvgIpc) is 2.63. The molecule has 0 bridgehead atoms. The minimum Gasteiger partial charge on any atom is -0.353 e. The molecule has 1 aliphatic rings. The number of nitriles is 1. The molecule has 1 aromatic carbocycles. The molecule has 0 aliphatic carbocycles. The summed E-state index contributed by atoms with van der Waals surface area (Å²) < 4.78 is 0. The van der Waals surface area contributed by atoms with E-state index in [-0.39, 0.29) is 12.3 Å². The van der Waals surface area contributed by atoms with Crippen LogP contribution in [0.4, 0.5) is 5.82 Å². The molecule has 2 heterocycles. The highest BCUT2D eigenvalue weighted by Crippen LogP contribution is 2.21. The Labute approximate surface area is 135 Å². The van der Waals surface area contributed by atoms with Crippen LogP contribution < -0.4 is 4.90 Å². The highest BCUT2D eigenvalue weighted by Gasteiger charge is 2.21. The van der Waals surface area contributed by atoms with E-state index in [0.29, 0.717) is 26.2 Å². The van der Waals surface area contributed by atoms with E-state index in [1.54, 1.807) is 11.2 Å². The molecule has 1 aromatic heterocycles. The fraction of sp³-hybridized carbons (Fsp3) is 0.294. The van der Waals surface area contributed by atoms with E-state index in [4.69, 9.17) is 5.26 Å². The summed E-state index contributed by atoms with van der Waals surface area (Å²) in [5.41, 5.74) is 1.94. The molecule has 2 aromatic rings. The number of carbonyl (C=O) groups is 1. The highest BCUT2D eigenvalue weighted by molar-refractivity contribution is 5.78. The lowest BCUT2D eigenvalue weighted by atomic mass is 10.1. The Kier molecular flexibility index (Phi) is 4.48. The molecule has 0 unspecified atom stereocenters. The summed E-state index contributed by atoms with van der Waals surface area (Å²) in [6, 6.07) is 13.9. The largest absolute Gasteiger partial charge is 0.353 e. The quantitative estimate of drug-likeness (QED) is 0.863. The van der Waals surface area contributed by atoms with Gasteiger partial charge in [-0.1, -0.05) is 30.3 Å². The lowest BCUT2D eigenvalue weighted by molar-refractivity contribution is -0.130. The maximum Gasteiger partial charge on any atom is 0.236 e. The van der Waals surface area contributed by atoms with Gasteiger partial charge >= 0.3 is 0 Å². The maximum absolute atomic E-state index is 11.7. The van der Waals surface area contributed by atoms with Gasteiger partial charge in [0.15, 0.2) is 0 Å².